The lowest BCUT2D eigenvalue weighted by molar-refractivity contribution is 0.483. The van der Waals surface area contributed by atoms with E-state index in [4.69, 9.17) is 19.4 Å². The highest BCUT2D eigenvalue weighted by molar-refractivity contribution is 6.13. The molecular formula is C42H33N5O2. The van der Waals surface area contributed by atoms with E-state index in [0.29, 0.717) is 5.95 Å². The van der Waals surface area contributed by atoms with Gasteiger partial charge in [-0.05, 0) is 90.7 Å². The molecule has 7 heteroatoms. The van der Waals surface area contributed by atoms with E-state index in [9.17, 15) is 0 Å². The van der Waals surface area contributed by atoms with Crippen LogP contribution >= 0.6 is 0 Å². The molecule has 0 bridgehead atoms. The molecule has 0 atom stereocenters. The van der Waals surface area contributed by atoms with Gasteiger partial charge in [0, 0.05) is 58.8 Å². The fourth-order valence-corrected chi connectivity index (χ4v) is 6.45. The van der Waals surface area contributed by atoms with Crippen LogP contribution < -0.4 is 9.47 Å². The lowest BCUT2D eigenvalue weighted by Crippen LogP contribution is -2.00. The van der Waals surface area contributed by atoms with E-state index in [2.05, 4.69) is 52.6 Å². The van der Waals surface area contributed by atoms with Crippen LogP contribution in [0.3, 0.4) is 0 Å². The fourth-order valence-electron chi connectivity index (χ4n) is 6.45. The zero-order chi connectivity index (χ0) is 33.2. The molecule has 0 aliphatic rings. The van der Waals surface area contributed by atoms with E-state index in [1.807, 2.05) is 91.0 Å². The summed E-state index contributed by atoms with van der Waals surface area (Å²) in [6.07, 6.45) is 8.78. The zero-order valence-electron chi connectivity index (χ0n) is 27.2. The minimum Gasteiger partial charge on any atom is -0.457 e. The summed E-state index contributed by atoms with van der Waals surface area (Å²) < 4.78 is 15.3. The Hall–Kier alpha value is -6.34. The Morgan fingerprint density at radius 3 is 1.41 bits per heavy atom. The van der Waals surface area contributed by atoms with Crippen molar-refractivity contribution in [2.75, 3.05) is 0 Å². The van der Waals surface area contributed by atoms with Crippen LogP contribution in [-0.2, 0) is 12.8 Å². The van der Waals surface area contributed by atoms with Gasteiger partial charge in [0.05, 0.1) is 22.4 Å². The van der Waals surface area contributed by atoms with Crippen molar-refractivity contribution in [2.45, 2.75) is 26.7 Å². The standard InChI is InChI=1S/C42H33N5O2/c1-3-28-22-34(48-32-14-9-12-30(24-32)36-16-5-7-18-43-36)26-38-40(28)41-29(4-2)23-35(27-39(41)47(38)42-45-20-11-21-46-42)49-33-15-10-13-31(25-33)37-17-6-8-19-44-37/h5-27H,3-4H2,1-2H3. The Bertz CT molecular complexity index is 2260. The van der Waals surface area contributed by atoms with E-state index in [1.165, 1.54) is 21.9 Å². The number of pyridine rings is 2. The van der Waals surface area contributed by atoms with Crippen molar-refractivity contribution in [3.63, 3.8) is 0 Å². The Balaban J connectivity index is 1.28. The average Bonchev–Trinajstić information content (AvgIpc) is 3.49. The van der Waals surface area contributed by atoms with E-state index in [1.54, 1.807) is 24.8 Å². The molecule has 0 radical (unpaired) electrons. The maximum absolute atomic E-state index is 6.57. The number of rotatable bonds is 9. The normalized spacial score (nSPS) is 11.2. The van der Waals surface area contributed by atoms with Gasteiger partial charge in [-0.3, -0.25) is 14.5 Å². The number of ether oxygens (including phenoxy) is 2. The van der Waals surface area contributed by atoms with Crippen molar-refractivity contribution >= 4 is 21.8 Å². The fraction of sp³-hybridized carbons (Fsp3) is 0.0952. The number of nitrogens with zero attached hydrogens (tertiary/aromatic N) is 5. The first-order valence-corrected chi connectivity index (χ1v) is 16.5. The topological polar surface area (TPSA) is 75.0 Å². The maximum Gasteiger partial charge on any atom is 0.234 e. The molecule has 8 rings (SSSR count). The van der Waals surface area contributed by atoms with E-state index < -0.39 is 0 Å². The Morgan fingerprint density at radius 1 is 0.469 bits per heavy atom. The summed E-state index contributed by atoms with van der Waals surface area (Å²) >= 11 is 0. The lowest BCUT2D eigenvalue weighted by Gasteiger charge is -2.12. The molecule has 0 aliphatic heterocycles. The summed E-state index contributed by atoms with van der Waals surface area (Å²) in [6.45, 7) is 4.36. The molecule has 0 N–H and O–H groups in total. The van der Waals surface area contributed by atoms with Crippen LogP contribution in [0.5, 0.6) is 23.0 Å². The second kappa shape index (κ2) is 13.0. The average molecular weight is 640 g/mol. The van der Waals surface area contributed by atoms with Crippen LogP contribution in [0.15, 0.2) is 140 Å². The molecule has 0 spiro atoms. The summed E-state index contributed by atoms with van der Waals surface area (Å²) in [6, 6.07) is 38.2. The number of aryl methyl sites for hydroxylation is 2. The Kier molecular flexibility index (Phi) is 7.99. The van der Waals surface area contributed by atoms with Crippen molar-refractivity contribution in [3.8, 4) is 51.5 Å². The highest BCUT2D eigenvalue weighted by Gasteiger charge is 2.21. The van der Waals surface area contributed by atoms with Crippen LogP contribution in [0, 0.1) is 0 Å². The number of hydrogen-bond donors (Lipinski definition) is 0. The summed E-state index contributed by atoms with van der Waals surface area (Å²) in [4.78, 5) is 18.4. The molecule has 0 fully saturated rings. The molecule has 238 valence electrons. The predicted octanol–water partition coefficient (Wildman–Crippen LogP) is 10.4. The van der Waals surface area contributed by atoms with Crippen molar-refractivity contribution in [1.29, 1.82) is 0 Å². The highest BCUT2D eigenvalue weighted by atomic mass is 16.5. The quantitative estimate of drug-likeness (QED) is 0.156. The zero-order valence-corrected chi connectivity index (χ0v) is 27.2. The molecule has 0 saturated heterocycles. The van der Waals surface area contributed by atoms with E-state index in [-0.39, 0.29) is 0 Å². The molecule has 49 heavy (non-hydrogen) atoms. The predicted molar refractivity (Wildman–Crippen MR) is 195 cm³/mol. The van der Waals surface area contributed by atoms with E-state index in [0.717, 1.165) is 69.4 Å². The molecular weight excluding hydrogens is 606 g/mol. The first kappa shape index (κ1) is 30.0. The Labute approximate surface area is 284 Å². The molecule has 8 aromatic rings. The monoisotopic (exact) mass is 639 g/mol. The van der Waals surface area contributed by atoms with Gasteiger partial charge in [0.2, 0.25) is 5.95 Å². The van der Waals surface area contributed by atoms with Crippen molar-refractivity contribution < 1.29 is 9.47 Å². The SMILES string of the molecule is CCc1cc(Oc2cccc(-c3ccccn3)c2)cc2c1c1c(CC)cc(Oc3cccc(-c4ccccn4)c3)cc1n2-c1ncccn1. The molecule has 4 heterocycles. The highest BCUT2D eigenvalue weighted by Crippen LogP contribution is 2.42. The number of fused-ring (bicyclic) bond motifs is 3. The van der Waals surface area contributed by atoms with Gasteiger partial charge in [-0.25, -0.2) is 9.97 Å². The number of benzene rings is 4. The van der Waals surface area contributed by atoms with Gasteiger partial charge >= 0.3 is 0 Å². The van der Waals surface area contributed by atoms with Gasteiger partial charge in [0.1, 0.15) is 23.0 Å². The summed E-state index contributed by atoms with van der Waals surface area (Å²) in [5, 5.41) is 2.33. The number of hydrogen-bond acceptors (Lipinski definition) is 6. The lowest BCUT2D eigenvalue weighted by atomic mass is 9.99. The molecule has 7 nitrogen and oxygen atoms in total. The van der Waals surface area contributed by atoms with Gasteiger partial charge < -0.3 is 9.47 Å². The van der Waals surface area contributed by atoms with Gasteiger partial charge in [-0.2, -0.15) is 0 Å². The van der Waals surface area contributed by atoms with Gasteiger partial charge in [-0.1, -0.05) is 50.2 Å². The second-order valence-corrected chi connectivity index (χ2v) is 11.7. The second-order valence-electron chi connectivity index (χ2n) is 11.7. The van der Waals surface area contributed by atoms with Crippen molar-refractivity contribution in [1.82, 2.24) is 24.5 Å². The third-order valence-corrected chi connectivity index (χ3v) is 8.65. The minimum atomic E-state index is 0.579. The molecule has 0 unspecified atom stereocenters. The molecule has 0 amide bonds. The molecule has 0 saturated carbocycles. The summed E-state index contributed by atoms with van der Waals surface area (Å²) in [5.41, 5.74) is 8.08. The summed E-state index contributed by atoms with van der Waals surface area (Å²) in [5.74, 6) is 3.53. The summed E-state index contributed by atoms with van der Waals surface area (Å²) in [7, 11) is 0. The third-order valence-electron chi connectivity index (χ3n) is 8.65. The van der Waals surface area contributed by atoms with E-state index >= 15 is 0 Å². The smallest absolute Gasteiger partial charge is 0.234 e. The van der Waals surface area contributed by atoms with Crippen molar-refractivity contribution in [3.05, 3.63) is 151 Å². The molecule has 4 aromatic heterocycles. The molecule has 0 aliphatic carbocycles. The minimum absolute atomic E-state index is 0.579. The Morgan fingerprint density at radius 2 is 0.959 bits per heavy atom. The third kappa shape index (κ3) is 5.87. The largest absolute Gasteiger partial charge is 0.457 e. The van der Waals surface area contributed by atoms with Crippen LogP contribution in [-0.4, -0.2) is 24.5 Å². The first-order valence-electron chi connectivity index (χ1n) is 16.5. The van der Waals surface area contributed by atoms with Gasteiger partial charge in [0.15, 0.2) is 0 Å². The van der Waals surface area contributed by atoms with Crippen LogP contribution in [0.25, 0.3) is 50.3 Å². The maximum atomic E-state index is 6.57. The number of aromatic nitrogens is 5. The van der Waals surface area contributed by atoms with Crippen molar-refractivity contribution in [2.24, 2.45) is 0 Å². The van der Waals surface area contributed by atoms with Crippen LogP contribution in [0.2, 0.25) is 0 Å². The molecule has 4 aromatic carbocycles. The van der Waals surface area contributed by atoms with Crippen LogP contribution in [0.4, 0.5) is 0 Å². The van der Waals surface area contributed by atoms with Gasteiger partial charge in [0.25, 0.3) is 0 Å². The first-order chi connectivity index (χ1) is 24.2. The van der Waals surface area contributed by atoms with Crippen LogP contribution in [0.1, 0.15) is 25.0 Å². The van der Waals surface area contributed by atoms with Gasteiger partial charge in [-0.15, -0.1) is 0 Å².